The van der Waals surface area contributed by atoms with Crippen LogP contribution < -0.4 is 0 Å². The molecule has 0 atom stereocenters. The van der Waals surface area contributed by atoms with Crippen LogP contribution in [0.4, 0.5) is 52.7 Å². The van der Waals surface area contributed by atoms with Crippen molar-refractivity contribution in [1.82, 2.24) is 20.0 Å². The molecular formula is C18H28Cl2F12N8O4Si2. The Hall–Kier alpha value is -2.75. The molecule has 0 saturated heterocycles. The largest absolute Gasteiger partial charge is 0.571 e. The van der Waals surface area contributed by atoms with E-state index in [9.17, 15) is 52.7 Å². The van der Waals surface area contributed by atoms with Crippen LogP contribution in [-0.4, -0.2) is 140 Å². The minimum Gasteiger partial charge on any atom is -0.482 e. The van der Waals surface area contributed by atoms with Crippen molar-refractivity contribution < 1.29 is 70.4 Å². The highest BCUT2D eigenvalue weighted by Crippen LogP contribution is 2.37. The molecule has 12 nitrogen and oxygen atoms in total. The fraction of sp³-hybridized carbons (Fsp3) is 0.778. The molecule has 0 unspecified atom stereocenters. The van der Waals surface area contributed by atoms with Gasteiger partial charge in [0.1, 0.15) is 0 Å². The van der Waals surface area contributed by atoms with Crippen LogP contribution in [0.3, 0.4) is 0 Å². The average Bonchev–Trinajstić information content (AvgIpc) is 2.78. The molecular weight excluding hydrogens is 747 g/mol. The molecule has 46 heavy (non-hydrogen) atoms. The van der Waals surface area contributed by atoms with E-state index in [2.05, 4.69) is 38.1 Å². The quantitative estimate of drug-likeness (QED) is 0.0710. The van der Waals surface area contributed by atoms with Crippen LogP contribution >= 0.6 is 22.2 Å². The van der Waals surface area contributed by atoms with E-state index < -0.39 is 76.1 Å². The van der Waals surface area contributed by atoms with Crippen molar-refractivity contribution in [2.24, 2.45) is 20.4 Å². The first-order chi connectivity index (χ1) is 20.3. The summed E-state index contributed by atoms with van der Waals surface area (Å²) in [5.41, 5.74) is 0. The number of hydrogen-bond donors (Lipinski definition) is 0. The van der Waals surface area contributed by atoms with Crippen molar-refractivity contribution >= 4 is 61.5 Å². The van der Waals surface area contributed by atoms with E-state index in [-0.39, 0.29) is 0 Å². The summed E-state index contributed by atoms with van der Waals surface area (Å²) < 4.78 is 183. The Morgan fingerprint density at radius 3 is 0.696 bits per heavy atom. The Morgan fingerprint density at radius 1 is 0.435 bits per heavy atom. The van der Waals surface area contributed by atoms with Crippen LogP contribution in [0, 0.1) is 0 Å². The maximum atomic E-state index is 13.7. The van der Waals surface area contributed by atoms with Crippen molar-refractivity contribution in [2.45, 2.75) is 36.8 Å². The number of halogens is 14. The third kappa shape index (κ3) is 16.2. The van der Waals surface area contributed by atoms with Gasteiger partial charge in [-0.3, -0.25) is 20.0 Å². The molecule has 0 aliphatic heterocycles. The summed E-state index contributed by atoms with van der Waals surface area (Å²) in [7, 11) is -4.01. The lowest BCUT2D eigenvalue weighted by Crippen LogP contribution is -2.51. The van der Waals surface area contributed by atoms with E-state index in [4.69, 9.17) is 22.2 Å². The molecule has 0 aromatic heterocycles. The first-order valence-electron chi connectivity index (χ1n) is 11.8. The zero-order valence-electron chi connectivity index (χ0n) is 24.9. The number of alkyl halides is 12. The maximum Gasteiger partial charge on any atom is 0.571 e. The molecule has 0 saturated carbocycles. The summed E-state index contributed by atoms with van der Waals surface area (Å²) in [6, 6.07) is -3.12. The number of rotatable bonds is 11. The van der Waals surface area contributed by atoms with Gasteiger partial charge >= 0.3 is 64.0 Å². The normalized spacial score (nSPS) is 15.0. The monoisotopic (exact) mass is 774 g/mol. The summed E-state index contributed by atoms with van der Waals surface area (Å²) >= 11 is 12.1. The Morgan fingerprint density at radius 2 is 0.587 bits per heavy atom. The smallest absolute Gasteiger partial charge is 0.482 e. The summed E-state index contributed by atoms with van der Waals surface area (Å²) in [6.45, 7) is 0. The van der Waals surface area contributed by atoms with E-state index in [0.717, 1.165) is 56.4 Å². The molecule has 0 N–H and O–H groups in total. The standard InChI is InChI=1S/C18H28Cl2F12N8O4Si2/c1-37(2)33-11(15(21,22)23)41-45(19,42-12(16(24,25)26)34-38(3)4)9-10-46(20,43-13(17(27,28)29)35-39(5)6)44-14(18(30,31)32)36-40(7)8/h9-10H2,1-8H3/b33-11+,34-12+,35-13+,36-14+. The topological polar surface area (TPSA) is 99.3 Å². The fourth-order valence-electron chi connectivity index (χ4n) is 2.39. The Balaban J connectivity index is 7.36. The third-order valence-corrected chi connectivity index (χ3v) is 10.1. The minimum absolute atomic E-state index is 0.487. The maximum absolute atomic E-state index is 13.7. The van der Waals surface area contributed by atoms with Crippen LogP contribution in [0.5, 0.6) is 0 Å². The van der Waals surface area contributed by atoms with Gasteiger partial charge in [0.05, 0.1) is 0 Å². The number of hydrazone groups is 4. The van der Waals surface area contributed by atoms with Crippen LogP contribution in [0.25, 0.3) is 0 Å². The molecule has 0 rings (SSSR count). The van der Waals surface area contributed by atoms with Crippen LogP contribution in [0.2, 0.25) is 12.1 Å². The molecule has 0 aliphatic carbocycles. The highest BCUT2D eigenvalue weighted by Gasteiger charge is 2.59. The molecule has 0 radical (unpaired) electrons. The second-order valence-corrected chi connectivity index (χ2v) is 17.1. The second kappa shape index (κ2) is 15.9. The van der Waals surface area contributed by atoms with Gasteiger partial charge in [0.25, 0.3) is 0 Å². The molecule has 0 aliphatic rings. The summed E-state index contributed by atoms with van der Waals surface area (Å²) in [5.74, 6) is -9.21. The van der Waals surface area contributed by atoms with Gasteiger partial charge < -0.3 is 17.7 Å². The van der Waals surface area contributed by atoms with E-state index in [1.165, 1.54) is 0 Å². The SMILES string of the molecule is CN(C)/N=C(/O[Si](Cl)(CC[Si](Cl)(O/C(=N/N(C)C)C(F)(F)F)O/C(=N/N(C)C)C(F)(F)F)O/C(=N/N(C)C)C(F)(F)F)C(F)(F)F. The van der Waals surface area contributed by atoms with Gasteiger partial charge in [0.15, 0.2) is 0 Å². The van der Waals surface area contributed by atoms with E-state index in [0.29, 0.717) is 20.0 Å². The summed E-state index contributed by atoms with van der Waals surface area (Å²) in [6.07, 6.45) is -22.3. The highest BCUT2D eigenvalue weighted by molar-refractivity contribution is 7.17. The molecule has 0 amide bonds. The predicted molar refractivity (Wildman–Crippen MR) is 146 cm³/mol. The third-order valence-electron chi connectivity index (χ3n) is 3.85. The van der Waals surface area contributed by atoms with Crippen LogP contribution in [0.1, 0.15) is 0 Å². The van der Waals surface area contributed by atoms with Gasteiger partial charge in [-0.2, -0.15) is 52.7 Å². The van der Waals surface area contributed by atoms with Crippen molar-refractivity contribution in [3.63, 3.8) is 0 Å². The first-order valence-corrected chi connectivity index (χ1v) is 17.8. The van der Waals surface area contributed by atoms with Crippen LogP contribution in [0.15, 0.2) is 20.4 Å². The van der Waals surface area contributed by atoms with Gasteiger partial charge in [0, 0.05) is 68.5 Å². The molecule has 270 valence electrons. The number of nitrogens with zero attached hydrogens (tertiary/aromatic N) is 8. The number of hydrogen-bond acceptors (Lipinski definition) is 12. The second-order valence-electron chi connectivity index (χ2n) is 9.23. The molecule has 0 bridgehead atoms. The fourth-order valence-corrected chi connectivity index (χ4v) is 9.63. The van der Waals surface area contributed by atoms with Gasteiger partial charge in [-0.15, -0.1) is 20.4 Å². The molecule has 0 heterocycles. The van der Waals surface area contributed by atoms with Crippen LogP contribution in [-0.2, 0) is 17.7 Å². The van der Waals surface area contributed by atoms with E-state index in [1.54, 1.807) is 0 Å². The molecule has 0 fully saturated rings. The van der Waals surface area contributed by atoms with Crippen molar-refractivity contribution in [3.8, 4) is 0 Å². The van der Waals surface area contributed by atoms with E-state index >= 15 is 0 Å². The van der Waals surface area contributed by atoms with Crippen molar-refractivity contribution in [1.29, 1.82) is 0 Å². The Labute approximate surface area is 265 Å². The molecule has 28 heteroatoms. The Kier molecular flexibility index (Phi) is 14.9. The van der Waals surface area contributed by atoms with E-state index in [1.807, 2.05) is 0 Å². The van der Waals surface area contributed by atoms with Gasteiger partial charge in [-0.05, 0) is 0 Å². The van der Waals surface area contributed by atoms with Crippen molar-refractivity contribution in [2.75, 3.05) is 56.4 Å². The van der Waals surface area contributed by atoms with Gasteiger partial charge in [0.2, 0.25) is 0 Å². The minimum atomic E-state index is -5.75. The summed E-state index contributed by atoms with van der Waals surface area (Å²) in [4.78, 5) is 0. The highest BCUT2D eigenvalue weighted by atomic mass is 35.6. The van der Waals surface area contributed by atoms with Gasteiger partial charge in [-0.1, -0.05) is 22.2 Å². The molecule has 0 aromatic carbocycles. The predicted octanol–water partition coefficient (Wildman–Crippen LogP) is 5.16. The Bertz CT molecular complexity index is 969. The average molecular weight is 776 g/mol. The zero-order valence-corrected chi connectivity index (χ0v) is 28.4. The lowest BCUT2D eigenvalue weighted by Gasteiger charge is -2.31. The van der Waals surface area contributed by atoms with Gasteiger partial charge in [-0.25, -0.2) is 0 Å². The molecule has 0 spiro atoms. The van der Waals surface area contributed by atoms with Crippen molar-refractivity contribution in [3.05, 3.63) is 0 Å². The lowest BCUT2D eigenvalue weighted by atomic mass is 10.6. The molecule has 0 aromatic rings. The summed E-state index contributed by atoms with van der Waals surface area (Å²) in [5, 5.41) is 13.7. The lowest BCUT2D eigenvalue weighted by molar-refractivity contribution is -0.0793. The first kappa shape index (κ1) is 43.3. The zero-order chi connectivity index (χ0) is 36.7.